The number of nitrogens with one attached hydrogen (secondary N) is 1. The highest BCUT2D eigenvalue weighted by Crippen LogP contribution is 2.07. The molecule has 0 unspecified atom stereocenters. The SMILES string of the molecule is Cc1ccc(NC(N)=NCS(=O)(=O)[O-])cc1.c1ccccc1. The summed E-state index contributed by atoms with van der Waals surface area (Å²) in [4.78, 5) is 3.40. The first-order valence-electron chi connectivity index (χ1n) is 6.44. The van der Waals surface area contributed by atoms with Gasteiger partial charge in [0.1, 0.15) is 16.0 Å². The maximum atomic E-state index is 10.3. The van der Waals surface area contributed by atoms with Crippen molar-refractivity contribution in [3.8, 4) is 0 Å². The minimum Gasteiger partial charge on any atom is -0.747 e. The Labute approximate surface area is 130 Å². The lowest BCUT2D eigenvalue weighted by atomic mass is 10.2. The van der Waals surface area contributed by atoms with Crippen LogP contribution in [-0.2, 0) is 10.1 Å². The van der Waals surface area contributed by atoms with Crippen LogP contribution in [0, 0.1) is 6.92 Å². The van der Waals surface area contributed by atoms with E-state index in [1.165, 1.54) is 0 Å². The largest absolute Gasteiger partial charge is 0.747 e. The van der Waals surface area contributed by atoms with E-state index in [4.69, 9.17) is 5.73 Å². The minimum absolute atomic E-state index is 0.108. The van der Waals surface area contributed by atoms with Crippen LogP contribution in [0.4, 0.5) is 5.69 Å². The van der Waals surface area contributed by atoms with Crippen molar-refractivity contribution in [2.24, 2.45) is 10.7 Å². The van der Waals surface area contributed by atoms with Crippen LogP contribution in [0.5, 0.6) is 0 Å². The molecule has 0 saturated heterocycles. The highest BCUT2D eigenvalue weighted by Gasteiger charge is 1.96. The molecule has 6 nitrogen and oxygen atoms in total. The van der Waals surface area contributed by atoms with Crippen LogP contribution in [0.1, 0.15) is 5.56 Å². The number of aryl methyl sites for hydroxylation is 1. The zero-order valence-electron chi connectivity index (χ0n) is 12.1. The highest BCUT2D eigenvalue weighted by atomic mass is 32.2. The quantitative estimate of drug-likeness (QED) is 0.510. The molecule has 2 aromatic carbocycles. The topological polar surface area (TPSA) is 108 Å². The fourth-order valence-corrected chi connectivity index (χ4v) is 1.66. The molecule has 118 valence electrons. The molecule has 2 rings (SSSR count). The van der Waals surface area contributed by atoms with Crippen molar-refractivity contribution in [2.75, 3.05) is 11.2 Å². The fourth-order valence-electron chi connectivity index (χ4n) is 1.36. The Morgan fingerprint density at radius 2 is 1.55 bits per heavy atom. The van der Waals surface area contributed by atoms with Gasteiger partial charge in [-0.05, 0) is 19.1 Å². The number of anilines is 1. The molecular weight excluding hydrogens is 302 g/mol. The van der Waals surface area contributed by atoms with E-state index in [1.54, 1.807) is 12.1 Å². The normalized spacial score (nSPS) is 11.3. The second kappa shape index (κ2) is 8.81. The molecule has 0 aromatic heterocycles. The lowest BCUT2D eigenvalue weighted by molar-refractivity contribution is 0.463. The Balaban J connectivity index is 0.000000335. The molecular formula is C15H18N3O3S-. The maximum Gasteiger partial charge on any atom is 0.194 e. The molecule has 0 atom stereocenters. The summed E-state index contributed by atoms with van der Waals surface area (Å²) in [5.74, 6) is -0.971. The average Bonchev–Trinajstić information content (AvgIpc) is 2.49. The molecule has 0 aliphatic rings. The molecule has 7 heteroatoms. The van der Waals surface area contributed by atoms with E-state index in [2.05, 4.69) is 10.3 Å². The molecule has 0 spiro atoms. The van der Waals surface area contributed by atoms with Gasteiger partial charge in [0.2, 0.25) is 0 Å². The standard InChI is InChI=1S/C9H13N3O3S.C6H6/c1-7-2-4-8(5-3-7)12-9(10)11-6-16(13,14)15;1-2-4-6-5-3-1/h2-5H,6H2,1H3,(H3,10,11,12)(H,13,14,15);1-6H/p-1. The van der Waals surface area contributed by atoms with E-state index < -0.39 is 16.0 Å². The van der Waals surface area contributed by atoms with Crippen molar-refractivity contribution in [1.29, 1.82) is 0 Å². The number of nitrogens with zero attached hydrogens (tertiary/aromatic N) is 1. The summed E-state index contributed by atoms with van der Waals surface area (Å²) in [5, 5.41) is 2.67. The average molecular weight is 320 g/mol. The number of aliphatic imine (C=N–C) groups is 1. The van der Waals surface area contributed by atoms with Crippen LogP contribution in [0.2, 0.25) is 0 Å². The summed E-state index contributed by atoms with van der Waals surface area (Å²) in [6.45, 7) is 1.94. The molecule has 2 aromatic rings. The van der Waals surface area contributed by atoms with Crippen LogP contribution in [0.3, 0.4) is 0 Å². The van der Waals surface area contributed by atoms with Gasteiger partial charge < -0.3 is 15.6 Å². The van der Waals surface area contributed by atoms with Gasteiger partial charge >= 0.3 is 0 Å². The number of hydrogen-bond donors (Lipinski definition) is 2. The summed E-state index contributed by atoms with van der Waals surface area (Å²) in [6.07, 6.45) is 0. The van der Waals surface area contributed by atoms with Gasteiger partial charge in [-0.15, -0.1) is 0 Å². The lowest BCUT2D eigenvalue weighted by Gasteiger charge is -2.07. The number of rotatable bonds is 3. The third-order valence-electron chi connectivity index (χ3n) is 2.38. The van der Waals surface area contributed by atoms with E-state index in [0.717, 1.165) is 5.56 Å². The molecule has 0 radical (unpaired) electrons. The molecule has 0 bridgehead atoms. The van der Waals surface area contributed by atoms with E-state index >= 15 is 0 Å². The Morgan fingerprint density at radius 3 is 1.95 bits per heavy atom. The van der Waals surface area contributed by atoms with E-state index in [9.17, 15) is 13.0 Å². The highest BCUT2D eigenvalue weighted by molar-refractivity contribution is 7.85. The first-order valence-corrected chi connectivity index (χ1v) is 8.02. The number of nitrogens with two attached hydrogens (primary N) is 1. The Kier molecular flexibility index (Phi) is 7.07. The first-order chi connectivity index (χ1) is 10.4. The van der Waals surface area contributed by atoms with Gasteiger partial charge in [-0.25, -0.2) is 13.4 Å². The zero-order chi connectivity index (χ0) is 16.4. The summed E-state index contributed by atoms with van der Waals surface area (Å²) in [6, 6.07) is 19.3. The van der Waals surface area contributed by atoms with Crippen LogP contribution >= 0.6 is 0 Å². The smallest absolute Gasteiger partial charge is 0.194 e. The predicted octanol–water partition coefficient (Wildman–Crippen LogP) is 1.91. The van der Waals surface area contributed by atoms with Gasteiger partial charge in [0.25, 0.3) is 0 Å². The van der Waals surface area contributed by atoms with Crippen molar-refractivity contribution in [3.63, 3.8) is 0 Å². The molecule has 0 saturated carbocycles. The second-order valence-corrected chi connectivity index (χ2v) is 5.75. The van der Waals surface area contributed by atoms with Crippen LogP contribution in [0.25, 0.3) is 0 Å². The van der Waals surface area contributed by atoms with Gasteiger partial charge in [-0.1, -0.05) is 54.1 Å². The maximum absolute atomic E-state index is 10.3. The molecule has 0 amide bonds. The van der Waals surface area contributed by atoms with E-state index in [1.807, 2.05) is 55.5 Å². The fraction of sp³-hybridized carbons (Fsp3) is 0.133. The molecule has 3 N–H and O–H groups in total. The van der Waals surface area contributed by atoms with Gasteiger partial charge in [0, 0.05) is 5.69 Å². The van der Waals surface area contributed by atoms with Gasteiger partial charge in [0.15, 0.2) is 5.96 Å². The van der Waals surface area contributed by atoms with Crippen molar-refractivity contribution >= 4 is 21.8 Å². The third kappa shape index (κ3) is 8.72. The lowest BCUT2D eigenvalue weighted by Crippen LogP contribution is -2.23. The molecule has 0 aliphatic carbocycles. The predicted molar refractivity (Wildman–Crippen MR) is 87.4 cm³/mol. The molecule has 0 fully saturated rings. The van der Waals surface area contributed by atoms with Gasteiger partial charge in [-0.3, -0.25) is 0 Å². The van der Waals surface area contributed by atoms with Crippen molar-refractivity contribution < 1.29 is 13.0 Å². The zero-order valence-corrected chi connectivity index (χ0v) is 13.0. The number of benzene rings is 2. The van der Waals surface area contributed by atoms with Crippen molar-refractivity contribution in [2.45, 2.75) is 6.92 Å². The summed E-state index contributed by atoms with van der Waals surface area (Å²) >= 11 is 0. The van der Waals surface area contributed by atoms with Crippen LogP contribution in [-0.4, -0.2) is 24.8 Å². The molecule has 0 heterocycles. The molecule has 0 aliphatic heterocycles. The van der Waals surface area contributed by atoms with E-state index in [0.29, 0.717) is 5.69 Å². The number of guanidine groups is 1. The summed E-state index contributed by atoms with van der Waals surface area (Å²) < 4.78 is 30.9. The minimum atomic E-state index is -4.38. The van der Waals surface area contributed by atoms with Crippen LogP contribution in [0.15, 0.2) is 65.7 Å². The summed E-state index contributed by atoms with van der Waals surface area (Å²) in [5.41, 5.74) is 7.15. The van der Waals surface area contributed by atoms with Crippen LogP contribution < -0.4 is 11.1 Å². The Morgan fingerprint density at radius 1 is 1.09 bits per heavy atom. The monoisotopic (exact) mass is 320 g/mol. The van der Waals surface area contributed by atoms with Crippen molar-refractivity contribution in [3.05, 3.63) is 66.2 Å². The third-order valence-corrected chi connectivity index (χ3v) is 2.83. The second-order valence-electron chi connectivity index (χ2n) is 4.38. The van der Waals surface area contributed by atoms with Gasteiger partial charge in [0.05, 0.1) is 0 Å². The Hall–Kier alpha value is -2.38. The van der Waals surface area contributed by atoms with Gasteiger partial charge in [-0.2, -0.15) is 0 Å². The molecule has 22 heavy (non-hydrogen) atoms. The van der Waals surface area contributed by atoms with E-state index in [-0.39, 0.29) is 5.96 Å². The number of hydrogen-bond acceptors (Lipinski definition) is 4. The Bertz CT molecular complexity index is 657. The van der Waals surface area contributed by atoms with Crippen molar-refractivity contribution in [1.82, 2.24) is 0 Å². The first kappa shape index (κ1) is 17.7. The summed E-state index contributed by atoms with van der Waals surface area (Å²) in [7, 11) is -4.38.